The van der Waals surface area contributed by atoms with Crippen LogP contribution in [0, 0.1) is 0 Å². The van der Waals surface area contributed by atoms with Crippen molar-refractivity contribution in [2.24, 2.45) is 0 Å². The molecule has 2 N–H and O–H groups in total. The number of hydrogen-bond acceptors (Lipinski definition) is 8. The molecule has 0 spiro atoms. The molecular formula is C45H54BrN5O5Si. The third-order valence-electron chi connectivity index (χ3n) is 10.1. The molecule has 1 aromatic heterocycles. The Kier molecular flexibility index (Phi) is 13.4. The van der Waals surface area contributed by atoms with Gasteiger partial charge in [-0.05, 0) is 89.1 Å². The standard InChI is InChI=1S/C45H54BrN5O5Si/c1-44(2,3)56-43(53)51-27-25-33(49-39-30-48-37-24-23-36(46)41(40(37)50-39)54-31-32-17-10-7-11-18-32)29-38(51)42(52)47-26-16-28-55-57(45(4,5)6,34-19-12-8-13-20-34)35-21-14-9-15-22-35/h7-15,17-24,30,33,38H,16,25-29,31H2,1-6H3,(H,47,52)(H,49,50)/t33-,38-/m0/s1. The van der Waals surface area contributed by atoms with Crippen molar-refractivity contribution < 1.29 is 23.5 Å². The fraction of sp³-hybridized carbons (Fsp3) is 0.378. The average Bonchev–Trinajstić information content (AvgIpc) is 3.18. The number of nitrogens with one attached hydrogen (secondary N) is 2. The fourth-order valence-corrected chi connectivity index (χ4v) is 12.5. The van der Waals surface area contributed by atoms with Crippen LogP contribution in [0.2, 0.25) is 5.04 Å². The van der Waals surface area contributed by atoms with Crippen molar-refractivity contribution in [3.63, 3.8) is 0 Å². The Morgan fingerprint density at radius 3 is 2.12 bits per heavy atom. The van der Waals surface area contributed by atoms with E-state index in [4.69, 9.17) is 18.9 Å². The molecule has 1 aliphatic rings. The highest BCUT2D eigenvalue weighted by molar-refractivity contribution is 9.10. The van der Waals surface area contributed by atoms with Crippen molar-refractivity contribution in [1.82, 2.24) is 20.2 Å². The first-order valence-corrected chi connectivity index (χ1v) is 22.4. The third-order valence-corrected chi connectivity index (χ3v) is 15.8. The molecule has 5 aromatic rings. The molecule has 1 saturated heterocycles. The summed E-state index contributed by atoms with van der Waals surface area (Å²) in [4.78, 5) is 38.6. The minimum absolute atomic E-state index is 0.153. The van der Waals surface area contributed by atoms with Crippen LogP contribution in [0.4, 0.5) is 10.6 Å². The van der Waals surface area contributed by atoms with Crippen LogP contribution in [0.25, 0.3) is 11.0 Å². The van der Waals surface area contributed by atoms with Crippen molar-refractivity contribution in [1.29, 1.82) is 0 Å². The van der Waals surface area contributed by atoms with E-state index in [1.165, 1.54) is 10.4 Å². The first-order valence-electron chi connectivity index (χ1n) is 19.7. The molecule has 1 fully saturated rings. The second-order valence-electron chi connectivity index (χ2n) is 16.5. The molecule has 4 aromatic carbocycles. The molecule has 12 heteroatoms. The number of rotatable bonds is 13. The minimum atomic E-state index is -2.71. The lowest BCUT2D eigenvalue weighted by Gasteiger charge is -2.43. The minimum Gasteiger partial charge on any atom is -0.485 e. The molecular weight excluding hydrogens is 799 g/mol. The lowest BCUT2D eigenvalue weighted by molar-refractivity contribution is -0.127. The highest BCUT2D eigenvalue weighted by Gasteiger charge is 2.50. The highest BCUT2D eigenvalue weighted by Crippen LogP contribution is 2.37. The summed E-state index contributed by atoms with van der Waals surface area (Å²) in [5, 5.41) is 8.90. The lowest BCUT2D eigenvalue weighted by atomic mass is 9.96. The Morgan fingerprint density at radius 2 is 1.51 bits per heavy atom. The number of anilines is 1. The van der Waals surface area contributed by atoms with Crippen molar-refractivity contribution in [3.05, 3.63) is 119 Å². The van der Waals surface area contributed by atoms with Gasteiger partial charge in [-0.25, -0.2) is 9.78 Å². The Bertz CT molecular complexity index is 2070. The maximum absolute atomic E-state index is 14.0. The van der Waals surface area contributed by atoms with E-state index >= 15 is 0 Å². The number of aromatic nitrogens is 2. The topological polar surface area (TPSA) is 115 Å². The summed E-state index contributed by atoms with van der Waals surface area (Å²) >= 11 is 3.64. The molecule has 2 amide bonds. The maximum Gasteiger partial charge on any atom is 0.410 e. The number of amides is 2. The van der Waals surface area contributed by atoms with Gasteiger partial charge in [0.2, 0.25) is 5.91 Å². The summed E-state index contributed by atoms with van der Waals surface area (Å²) in [6.45, 7) is 13.8. The highest BCUT2D eigenvalue weighted by atomic mass is 79.9. The molecule has 2 atom stereocenters. The van der Waals surface area contributed by atoms with Crippen molar-refractivity contribution >= 4 is 63.5 Å². The van der Waals surface area contributed by atoms with Crippen LogP contribution in [-0.2, 0) is 20.6 Å². The third kappa shape index (κ3) is 10.2. The number of nitrogens with zero attached hydrogens (tertiary/aromatic N) is 3. The Hall–Kier alpha value is -4.78. The van der Waals surface area contributed by atoms with Crippen LogP contribution >= 0.6 is 15.9 Å². The maximum atomic E-state index is 14.0. The normalized spacial score (nSPS) is 16.2. The SMILES string of the molecule is CC(C)(C)OC(=O)N1CC[C@H](Nc2cnc3ccc(Br)c(OCc4ccccc4)c3n2)C[C@H]1C(=O)NCCCO[Si](c1ccccc1)(c1ccccc1)C(C)(C)C. The lowest BCUT2D eigenvalue weighted by Crippen LogP contribution is -2.66. The predicted molar refractivity (Wildman–Crippen MR) is 233 cm³/mol. The van der Waals surface area contributed by atoms with Crippen LogP contribution in [-0.4, -0.2) is 72.6 Å². The van der Waals surface area contributed by atoms with Gasteiger partial charge in [-0.2, -0.15) is 0 Å². The molecule has 57 heavy (non-hydrogen) atoms. The number of carbonyl (C=O) groups excluding carboxylic acids is 2. The zero-order valence-corrected chi connectivity index (χ0v) is 36.3. The molecule has 0 saturated carbocycles. The number of benzene rings is 4. The summed E-state index contributed by atoms with van der Waals surface area (Å²) in [5.41, 5.74) is 1.64. The van der Waals surface area contributed by atoms with E-state index in [2.05, 4.69) is 101 Å². The van der Waals surface area contributed by atoms with Gasteiger partial charge in [-0.1, -0.05) is 112 Å². The second kappa shape index (κ2) is 18.2. The number of hydrogen-bond donors (Lipinski definition) is 2. The Labute approximate surface area is 346 Å². The molecule has 0 radical (unpaired) electrons. The van der Waals surface area contributed by atoms with Gasteiger partial charge in [0.15, 0.2) is 5.75 Å². The van der Waals surface area contributed by atoms with Gasteiger partial charge in [-0.15, -0.1) is 0 Å². The molecule has 0 bridgehead atoms. The van der Waals surface area contributed by atoms with Crippen LogP contribution in [0.15, 0.2) is 114 Å². The van der Waals surface area contributed by atoms with Gasteiger partial charge in [0.05, 0.1) is 16.2 Å². The van der Waals surface area contributed by atoms with Gasteiger partial charge in [0.25, 0.3) is 8.32 Å². The van der Waals surface area contributed by atoms with E-state index < -0.39 is 26.1 Å². The summed E-state index contributed by atoms with van der Waals surface area (Å²) in [7, 11) is -2.71. The van der Waals surface area contributed by atoms with E-state index in [0.29, 0.717) is 68.2 Å². The summed E-state index contributed by atoms with van der Waals surface area (Å²) in [6, 6.07) is 33.9. The predicted octanol–water partition coefficient (Wildman–Crippen LogP) is 8.23. The summed E-state index contributed by atoms with van der Waals surface area (Å²) in [5.74, 6) is 0.923. The van der Waals surface area contributed by atoms with E-state index in [-0.39, 0.29) is 17.0 Å². The molecule has 0 aliphatic carbocycles. The fourth-order valence-electron chi connectivity index (χ4n) is 7.45. The van der Waals surface area contributed by atoms with Gasteiger partial charge in [-0.3, -0.25) is 14.7 Å². The quantitative estimate of drug-likeness (QED) is 0.0900. The molecule has 6 rings (SSSR count). The molecule has 10 nitrogen and oxygen atoms in total. The van der Waals surface area contributed by atoms with Crippen molar-refractivity contribution in [2.45, 2.75) is 90.1 Å². The monoisotopic (exact) mass is 851 g/mol. The zero-order chi connectivity index (χ0) is 40.6. The molecule has 1 aliphatic heterocycles. The molecule has 0 unspecified atom stereocenters. The first kappa shape index (κ1) is 41.8. The molecule has 2 heterocycles. The Morgan fingerprint density at radius 1 is 0.877 bits per heavy atom. The molecule has 300 valence electrons. The Balaban J connectivity index is 1.15. The van der Waals surface area contributed by atoms with Gasteiger partial charge in [0, 0.05) is 25.7 Å². The summed E-state index contributed by atoms with van der Waals surface area (Å²) < 4.78 is 19.8. The van der Waals surface area contributed by atoms with Gasteiger partial charge < -0.3 is 24.5 Å². The number of halogens is 1. The number of piperidine rings is 1. The summed E-state index contributed by atoms with van der Waals surface area (Å²) in [6.07, 6.45) is 2.74. The van der Waals surface area contributed by atoms with Crippen LogP contribution < -0.4 is 25.7 Å². The largest absolute Gasteiger partial charge is 0.485 e. The number of ether oxygens (including phenoxy) is 2. The van der Waals surface area contributed by atoms with E-state index in [9.17, 15) is 9.59 Å². The average molecular weight is 853 g/mol. The zero-order valence-electron chi connectivity index (χ0n) is 33.8. The second-order valence-corrected chi connectivity index (χ2v) is 21.6. The smallest absolute Gasteiger partial charge is 0.410 e. The van der Waals surface area contributed by atoms with Crippen LogP contribution in [0.1, 0.15) is 66.4 Å². The first-order chi connectivity index (χ1) is 27.2. The number of likely N-dealkylation sites (tertiary alicyclic amines) is 1. The van der Waals surface area contributed by atoms with Gasteiger partial charge >= 0.3 is 6.09 Å². The van der Waals surface area contributed by atoms with Crippen LogP contribution in [0.3, 0.4) is 0 Å². The van der Waals surface area contributed by atoms with E-state index in [1.807, 2.05) is 75.4 Å². The van der Waals surface area contributed by atoms with E-state index in [1.54, 1.807) is 11.1 Å². The van der Waals surface area contributed by atoms with Crippen molar-refractivity contribution in [2.75, 3.05) is 25.0 Å². The van der Waals surface area contributed by atoms with Crippen LogP contribution in [0.5, 0.6) is 5.75 Å². The number of fused-ring (bicyclic) bond motifs is 1. The van der Waals surface area contributed by atoms with E-state index in [0.717, 1.165) is 10.0 Å². The van der Waals surface area contributed by atoms with Crippen molar-refractivity contribution in [3.8, 4) is 5.75 Å². The number of carbonyl (C=O) groups is 2. The van der Waals surface area contributed by atoms with Gasteiger partial charge in [0.1, 0.15) is 29.6 Å².